The number of carbonyl (C=O) groups is 1. The number of ether oxygens (including phenoxy) is 1. The van der Waals surface area contributed by atoms with Gasteiger partial charge < -0.3 is 20.3 Å². The fraction of sp³-hybridized carbons (Fsp3) is 0.667. The molecule has 2 N–H and O–H groups in total. The number of nitrogens with one attached hydrogen (secondary N) is 2. The predicted molar refractivity (Wildman–Crippen MR) is 119 cm³/mol. The van der Waals surface area contributed by atoms with Crippen molar-refractivity contribution in [1.82, 2.24) is 15.5 Å². The number of amides is 1. The highest BCUT2D eigenvalue weighted by atomic mass is 19.1. The van der Waals surface area contributed by atoms with Crippen molar-refractivity contribution in [2.45, 2.75) is 43.2 Å². The summed E-state index contributed by atoms with van der Waals surface area (Å²) in [5, 5.41) is 16.0. The molecule has 8 heteroatoms. The van der Waals surface area contributed by atoms with Gasteiger partial charge in [-0.25, -0.2) is 4.39 Å². The van der Waals surface area contributed by atoms with Crippen LogP contribution in [0.2, 0.25) is 0 Å². The monoisotopic (exact) mass is 441 g/mol. The quantitative estimate of drug-likeness (QED) is 0.698. The second kappa shape index (κ2) is 8.97. The number of rotatable bonds is 6. The maximum atomic E-state index is 15.0. The number of hydrogen-bond acceptors (Lipinski definition) is 6. The van der Waals surface area contributed by atoms with Gasteiger partial charge in [0.25, 0.3) is 0 Å². The molecule has 6 rings (SSSR count). The first-order valence-electron chi connectivity index (χ1n) is 11.9. The van der Waals surface area contributed by atoms with Crippen LogP contribution in [0.5, 0.6) is 0 Å². The molecule has 1 aliphatic carbocycles. The number of fused-ring (bicyclic) bond motifs is 3. The van der Waals surface area contributed by atoms with Crippen molar-refractivity contribution in [1.29, 1.82) is 5.26 Å². The van der Waals surface area contributed by atoms with Crippen LogP contribution in [0.25, 0.3) is 0 Å². The smallest absolute Gasteiger partial charge is 0.240 e. The lowest BCUT2D eigenvalue weighted by atomic mass is 9.71. The van der Waals surface area contributed by atoms with Gasteiger partial charge in [-0.05, 0) is 50.3 Å². The molecular formula is C24H32FN5O2. The number of nitriles is 1. The molecule has 0 radical (unpaired) electrons. The van der Waals surface area contributed by atoms with E-state index in [-0.39, 0.29) is 18.3 Å². The van der Waals surface area contributed by atoms with E-state index in [1.165, 1.54) is 6.07 Å². The Labute approximate surface area is 188 Å². The van der Waals surface area contributed by atoms with Crippen LogP contribution in [0.4, 0.5) is 10.1 Å². The van der Waals surface area contributed by atoms with Crippen molar-refractivity contribution < 1.29 is 13.9 Å². The SMILES string of the molecule is N#CC(CNC(=O)C12CCC(CC1)CN2)c1ccc(N2CCN(C3COC3)CC2)cc1F. The maximum absolute atomic E-state index is 15.0. The summed E-state index contributed by atoms with van der Waals surface area (Å²) in [5.74, 6) is -0.464. The number of carbonyl (C=O) groups excluding carboxylic acids is 1. The minimum absolute atomic E-state index is 0.0531. The fourth-order valence-electron chi connectivity index (χ4n) is 5.56. The molecule has 4 aliphatic heterocycles. The summed E-state index contributed by atoms with van der Waals surface area (Å²) in [5.41, 5.74) is 0.684. The van der Waals surface area contributed by atoms with Crippen LogP contribution in [0.15, 0.2) is 18.2 Å². The molecule has 7 nitrogen and oxygen atoms in total. The molecule has 0 spiro atoms. The van der Waals surface area contributed by atoms with Gasteiger partial charge in [-0.15, -0.1) is 0 Å². The van der Waals surface area contributed by atoms with Gasteiger partial charge >= 0.3 is 0 Å². The highest BCUT2D eigenvalue weighted by Crippen LogP contribution is 2.37. The molecule has 2 bridgehead atoms. The van der Waals surface area contributed by atoms with E-state index < -0.39 is 11.5 Å². The zero-order valence-corrected chi connectivity index (χ0v) is 18.5. The first-order chi connectivity index (χ1) is 15.6. The lowest BCUT2D eigenvalue weighted by molar-refractivity contribution is -0.131. The Kier molecular flexibility index (Phi) is 6.06. The Morgan fingerprint density at radius 1 is 1.28 bits per heavy atom. The predicted octanol–water partition coefficient (Wildman–Crippen LogP) is 1.60. The van der Waals surface area contributed by atoms with Gasteiger partial charge in [-0.2, -0.15) is 5.26 Å². The molecule has 1 unspecified atom stereocenters. The highest BCUT2D eigenvalue weighted by molar-refractivity contribution is 5.86. The van der Waals surface area contributed by atoms with Crippen LogP contribution < -0.4 is 15.5 Å². The molecule has 1 amide bonds. The number of halogens is 1. The van der Waals surface area contributed by atoms with Crippen molar-refractivity contribution >= 4 is 11.6 Å². The zero-order valence-electron chi connectivity index (χ0n) is 18.5. The molecule has 5 fully saturated rings. The third-order valence-electron chi connectivity index (χ3n) is 7.92. The van der Waals surface area contributed by atoms with E-state index in [9.17, 15) is 10.1 Å². The van der Waals surface area contributed by atoms with Crippen LogP contribution in [0, 0.1) is 23.1 Å². The van der Waals surface area contributed by atoms with Crippen molar-refractivity contribution in [2.75, 3.05) is 57.4 Å². The second-order valence-electron chi connectivity index (χ2n) is 9.72. The topological polar surface area (TPSA) is 80.6 Å². The average Bonchev–Trinajstić information content (AvgIpc) is 2.80. The third-order valence-corrected chi connectivity index (χ3v) is 7.92. The number of benzene rings is 1. The first-order valence-corrected chi connectivity index (χ1v) is 11.9. The van der Waals surface area contributed by atoms with Crippen LogP contribution in [-0.2, 0) is 9.53 Å². The first kappa shape index (κ1) is 21.6. The molecule has 0 aromatic heterocycles. The molecule has 1 atom stereocenters. The van der Waals surface area contributed by atoms with E-state index in [1.807, 2.05) is 6.07 Å². The van der Waals surface area contributed by atoms with Crippen molar-refractivity contribution in [3.05, 3.63) is 29.6 Å². The molecule has 4 heterocycles. The summed E-state index contributed by atoms with van der Waals surface area (Å²) in [6.07, 6.45) is 3.82. The minimum atomic E-state index is -0.709. The normalized spacial score (nSPS) is 29.2. The molecule has 1 saturated carbocycles. The summed E-state index contributed by atoms with van der Waals surface area (Å²) in [7, 11) is 0. The number of hydrogen-bond donors (Lipinski definition) is 2. The molecular weight excluding hydrogens is 409 g/mol. The van der Waals surface area contributed by atoms with Crippen molar-refractivity contribution in [3.8, 4) is 6.07 Å². The lowest BCUT2D eigenvalue weighted by Gasteiger charge is -2.46. The molecule has 4 saturated heterocycles. The Hall–Kier alpha value is -2.21. The summed E-state index contributed by atoms with van der Waals surface area (Å²) in [4.78, 5) is 17.5. The van der Waals surface area contributed by atoms with E-state index in [4.69, 9.17) is 4.74 Å². The van der Waals surface area contributed by atoms with Crippen molar-refractivity contribution in [2.24, 2.45) is 5.92 Å². The molecule has 1 aromatic carbocycles. The summed E-state index contributed by atoms with van der Waals surface area (Å²) >= 11 is 0. The Balaban J connectivity index is 1.19. The summed E-state index contributed by atoms with van der Waals surface area (Å²) < 4.78 is 20.3. The van der Waals surface area contributed by atoms with E-state index in [0.717, 1.165) is 77.3 Å². The molecule has 172 valence electrons. The summed E-state index contributed by atoms with van der Waals surface area (Å²) in [6.45, 7) is 6.22. The van der Waals surface area contributed by atoms with Gasteiger partial charge in [-0.3, -0.25) is 9.69 Å². The van der Waals surface area contributed by atoms with Gasteiger partial charge in [0.2, 0.25) is 5.91 Å². The Bertz CT molecular complexity index is 869. The van der Waals surface area contributed by atoms with E-state index in [0.29, 0.717) is 17.5 Å². The number of anilines is 1. The minimum Gasteiger partial charge on any atom is -0.378 e. The van der Waals surface area contributed by atoms with Gasteiger partial charge in [0, 0.05) is 44.0 Å². The van der Waals surface area contributed by atoms with Gasteiger partial charge in [0.15, 0.2) is 0 Å². The maximum Gasteiger partial charge on any atom is 0.240 e. The summed E-state index contributed by atoms with van der Waals surface area (Å²) in [6, 6.07) is 7.85. The van der Waals surface area contributed by atoms with Crippen LogP contribution >= 0.6 is 0 Å². The van der Waals surface area contributed by atoms with Crippen LogP contribution in [0.1, 0.15) is 37.2 Å². The number of piperazine rings is 1. The Morgan fingerprint density at radius 2 is 2.03 bits per heavy atom. The molecule has 1 aromatic rings. The van der Waals surface area contributed by atoms with E-state index in [1.54, 1.807) is 6.07 Å². The van der Waals surface area contributed by atoms with Gasteiger partial charge in [0.1, 0.15) is 5.82 Å². The van der Waals surface area contributed by atoms with Gasteiger partial charge in [0.05, 0.1) is 36.8 Å². The van der Waals surface area contributed by atoms with Gasteiger partial charge in [-0.1, -0.05) is 6.07 Å². The number of nitrogens with zero attached hydrogens (tertiary/aromatic N) is 3. The third kappa shape index (κ3) is 4.09. The second-order valence-corrected chi connectivity index (χ2v) is 9.72. The molecule has 32 heavy (non-hydrogen) atoms. The largest absolute Gasteiger partial charge is 0.378 e. The number of piperidine rings is 2. The van der Waals surface area contributed by atoms with Crippen LogP contribution in [0.3, 0.4) is 0 Å². The zero-order chi connectivity index (χ0) is 22.1. The van der Waals surface area contributed by atoms with E-state index >= 15 is 4.39 Å². The van der Waals surface area contributed by atoms with Crippen molar-refractivity contribution in [3.63, 3.8) is 0 Å². The Morgan fingerprint density at radius 3 is 2.59 bits per heavy atom. The lowest BCUT2D eigenvalue weighted by Crippen LogP contribution is -2.63. The molecule has 5 aliphatic rings. The van der Waals surface area contributed by atoms with E-state index in [2.05, 4.69) is 26.5 Å². The fourth-order valence-corrected chi connectivity index (χ4v) is 5.56. The average molecular weight is 442 g/mol. The standard InChI is InChI=1S/C24H32FN5O2/c25-22-11-19(29-7-9-30(10-8-29)20-15-32-16-20)1-2-21(22)18(12-26)14-27-23(31)24-5-3-17(4-6-24)13-28-24/h1-2,11,17-18,20,28H,3-10,13-16H2,(H,27,31). The van der Waals surface area contributed by atoms with Crippen LogP contribution in [-0.4, -0.2) is 74.9 Å². The highest BCUT2D eigenvalue weighted by Gasteiger charge is 2.45.